The van der Waals surface area contributed by atoms with E-state index >= 15 is 0 Å². The van der Waals surface area contributed by atoms with E-state index < -0.39 is 17.5 Å². The van der Waals surface area contributed by atoms with Crippen molar-refractivity contribution in [1.82, 2.24) is 10.2 Å². The summed E-state index contributed by atoms with van der Waals surface area (Å²) in [5, 5.41) is 20.6. The lowest BCUT2D eigenvalue weighted by atomic mass is 9.85. The van der Waals surface area contributed by atoms with Gasteiger partial charge in [-0.2, -0.15) is 0 Å². The van der Waals surface area contributed by atoms with Gasteiger partial charge in [0.05, 0.1) is 18.7 Å². The minimum atomic E-state index is -1.04. The van der Waals surface area contributed by atoms with Gasteiger partial charge in [0.2, 0.25) is 0 Å². The Bertz CT molecular complexity index is 1230. The minimum Gasteiger partial charge on any atom is -0.493 e. The van der Waals surface area contributed by atoms with E-state index in [0.717, 1.165) is 11.1 Å². The standard InChI is InChI=1S/C28H35N3O6/c1-7-22(27(34)35)37-23-10-9-16(11-20(23)28(3,4)5)21(32)15-31-14-17-12-24(36-8-2)19(26(33)30-6)13-18(17)25(31)29/h9-13,22,29H,7-8,14-15H2,1-6H3,(H,30,33)(H,34,35). The van der Waals surface area contributed by atoms with Crippen LogP contribution in [0.4, 0.5) is 0 Å². The summed E-state index contributed by atoms with van der Waals surface area (Å²) in [6, 6.07) is 8.43. The van der Waals surface area contributed by atoms with Crippen LogP contribution in [0.1, 0.15) is 78.4 Å². The highest BCUT2D eigenvalue weighted by Gasteiger charge is 2.30. The number of nitrogens with zero attached hydrogens (tertiary/aromatic N) is 1. The van der Waals surface area contributed by atoms with Crippen LogP contribution in [0.25, 0.3) is 0 Å². The second-order valence-electron chi connectivity index (χ2n) is 9.96. The zero-order valence-corrected chi connectivity index (χ0v) is 22.2. The van der Waals surface area contributed by atoms with Gasteiger partial charge < -0.3 is 24.8 Å². The Labute approximate surface area is 217 Å². The highest BCUT2D eigenvalue weighted by Crippen LogP contribution is 2.34. The predicted octanol–water partition coefficient (Wildman–Crippen LogP) is 4.01. The molecule has 1 amide bonds. The number of ether oxygens (including phenoxy) is 2. The lowest BCUT2D eigenvalue weighted by molar-refractivity contribution is -0.145. The summed E-state index contributed by atoms with van der Waals surface area (Å²) in [6.45, 7) is 10.2. The Morgan fingerprint density at radius 3 is 2.41 bits per heavy atom. The summed E-state index contributed by atoms with van der Waals surface area (Å²) in [6.07, 6.45) is -0.670. The van der Waals surface area contributed by atoms with Crippen molar-refractivity contribution in [2.45, 2.75) is 59.1 Å². The van der Waals surface area contributed by atoms with Crippen molar-refractivity contribution < 1.29 is 29.0 Å². The van der Waals surface area contributed by atoms with Crippen LogP contribution < -0.4 is 14.8 Å². The first-order valence-electron chi connectivity index (χ1n) is 12.3. The molecule has 1 aliphatic heterocycles. The Hall–Kier alpha value is -3.88. The summed E-state index contributed by atoms with van der Waals surface area (Å²) in [7, 11) is 1.54. The van der Waals surface area contributed by atoms with E-state index in [1.165, 1.54) is 7.05 Å². The van der Waals surface area contributed by atoms with E-state index in [1.54, 1.807) is 42.2 Å². The highest BCUT2D eigenvalue weighted by molar-refractivity contribution is 6.07. The van der Waals surface area contributed by atoms with Crippen LogP contribution in [0.3, 0.4) is 0 Å². The molecular formula is C28H35N3O6. The zero-order chi connectivity index (χ0) is 27.5. The van der Waals surface area contributed by atoms with E-state index in [2.05, 4.69) is 5.32 Å². The fourth-order valence-electron chi connectivity index (χ4n) is 4.27. The number of carboxylic acids is 1. The molecular weight excluding hydrogens is 474 g/mol. The average molecular weight is 510 g/mol. The van der Waals surface area contributed by atoms with Gasteiger partial charge in [0.15, 0.2) is 11.9 Å². The number of aliphatic carboxylic acids is 1. The molecule has 198 valence electrons. The van der Waals surface area contributed by atoms with Gasteiger partial charge in [-0.15, -0.1) is 0 Å². The number of hydrogen-bond donors (Lipinski definition) is 3. The number of Topliss-reactive ketones (excluding diaryl/α,β-unsaturated/α-hetero) is 1. The monoisotopic (exact) mass is 509 g/mol. The van der Waals surface area contributed by atoms with E-state index in [4.69, 9.17) is 14.9 Å². The number of benzene rings is 2. The van der Waals surface area contributed by atoms with E-state index in [1.807, 2.05) is 27.7 Å². The molecule has 37 heavy (non-hydrogen) atoms. The number of amides is 1. The van der Waals surface area contributed by atoms with E-state index in [9.17, 15) is 19.5 Å². The highest BCUT2D eigenvalue weighted by atomic mass is 16.5. The Balaban J connectivity index is 1.86. The van der Waals surface area contributed by atoms with Crippen LogP contribution >= 0.6 is 0 Å². The molecule has 3 rings (SSSR count). The van der Waals surface area contributed by atoms with Crippen LogP contribution in [-0.4, -0.2) is 59.8 Å². The van der Waals surface area contributed by atoms with Crippen molar-refractivity contribution >= 4 is 23.5 Å². The van der Waals surface area contributed by atoms with Gasteiger partial charge >= 0.3 is 5.97 Å². The molecule has 0 fully saturated rings. The lowest BCUT2D eigenvalue weighted by Gasteiger charge is -2.25. The van der Waals surface area contributed by atoms with Crippen molar-refractivity contribution in [3.05, 3.63) is 58.1 Å². The molecule has 3 N–H and O–H groups in total. The molecule has 0 spiro atoms. The van der Waals surface area contributed by atoms with Crippen molar-refractivity contribution in [2.75, 3.05) is 20.2 Å². The second-order valence-corrected chi connectivity index (χ2v) is 9.96. The third-order valence-corrected chi connectivity index (χ3v) is 6.27. The number of carbonyl (C=O) groups is 3. The summed E-state index contributed by atoms with van der Waals surface area (Å²) in [4.78, 5) is 38.8. The number of carboxylic acid groups (broad SMARTS) is 1. The molecule has 0 aliphatic carbocycles. The molecule has 1 unspecified atom stereocenters. The molecule has 1 heterocycles. The Morgan fingerprint density at radius 2 is 1.84 bits per heavy atom. The molecule has 0 aromatic heterocycles. The molecule has 0 saturated heterocycles. The molecule has 2 aromatic carbocycles. The number of ketones is 1. The van der Waals surface area contributed by atoms with Gasteiger partial charge in [0, 0.05) is 30.3 Å². The normalized spacial score (nSPS) is 13.7. The maximum absolute atomic E-state index is 13.3. The zero-order valence-electron chi connectivity index (χ0n) is 22.2. The maximum atomic E-state index is 13.3. The smallest absolute Gasteiger partial charge is 0.344 e. The number of hydrogen-bond acceptors (Lipinski definition) is 6. The summed E-state index contributed by atoms with van der Waals surface area (Å²) in [5.74, 6) is -0.486. The van der Waals surface area contributed by atoms with Gasteiger partial charge in [-0.1, -0.05) is 27.7 Å². The largest absolute Gasteiger partial charge is 0.493 e. The average Bonchev–Trinajstić information content (AvgIpc) is 3.14. The van der Waals surface area contributed by atoms with Crippen molar-refractivity contribution in [3.63, 3.8) is 0 Å². The quantitative estimate of drug-likeness (QED) is 0.413. The summed E-state index contributed by atoms with van der Waals surface area (Å²) in [5.41, 5.74) is 2.53. The van der Waals surface area contributed by atoms with Crippen molar-refractivity contribution in [2.24, 2.45) is 0 Å². The summed E-state index contributed by atoms with van der Waals surface area (Å²) >= 11 is 0. The SMILES string of the molecule is CCOc1cc2c(cc1C(=O)NC)C(=N)N(CC(=O)c1ccc(OC(CC)C(=O)O)c(C(C)(C)C)c1)C2. The Morgan fingerprint density at radius 1 is 1.14 bits per heavy atom. The molecule has 9 nitrogen and oxygen atoms in total. The topological polar surface area (TPSA) is 129 Å². The molecule has 1 atom stereocenters. The molecule has 1 aliphatic rings. The van der Waals surface area contributed by atoms with Crippen LogP contribution in [0.15, 0.2) is 30.3 Å². The number of carbonyl (C=O) groups excluding carboxylic acids is 2. The van der Waals surface area contributed by atoms with Crippen LogP contribution in [0, 0.1) is 5.41 Å². The fourth-order valence-corrected chi connectivity index (χ4v) is 4.27. The van der Waals surface area contributed by atoms with Gasteiger partial charge in [0.1, 0.15) is 17.3 Å². The number of amidine groups is 1. The van der Waals surface area contributed by atoms with Gasteiger partial charge in [-0.25, -0.2) is 4.79 Å². The van der Waals surface area contributed by atoms with Crippen molar-refractivity contribution in [1.29, 1.82) is 5.41 Å². The first kappa shape index (κ1) is 27.7. The van der Waals surface area contributed by atoms with E-state index in [0.29, 0.717) is 47.8 Å². The minimum absolute atomic E-state index is 0.0245. The maximum Gasteiger partial charge on any atom is 0.344 e. The predicted molar refractivity (Wildman–Crippen MR) is 140 cm³/mol. The number of rotatable bonds is 10. The van der Waals surface area contributed by atoms with Crippen LogP contribution in [-0.2, 0) is 16.8 Å². The van der Waals surface area contributed by atoms with Crippen LogP contribution in [0.5, 0.6) is 11.5 Å². The molecule has 0 bridgehead atoms. The fraction of sp³-hybridized carbons (Fsp3) is 0.429. The van der Waals surface area contributed by atoms with E-state index in [-0.39, 0.29) is 24.1 Å². The van der Waals surface area contributed by atoms with Gasteiger partial charge in [0.25, 0.3) is 5.91 Å². The second kappa shape index (κ2) is 11.0. The Kier molecular flexibility index (Phi) is 8.25. The van der Waals surface area contributed by atoms with Gasteiger partial charge in [-0.3, -0.25) is 15.0 Å². The molecule has 0 saturated carbocycles. The lowest BCUT2D eigenvalue weighted by Crippen LogP contribution is -2.31. The van der Waals surface area contributed by atoms with Gasteiger partial charge in [-0.05, 0) is 54.7 Å². The van der Waals surface area contributed by atoms with Crippen LogP contribution in [0.2, 0.25) is 0 Å². The third-order valence-electron chi connectivity index (χ3n) is 6.27. The molecule has 9 heteroatoms. The number of fused-ring (bicyclic) bond motifs is 1. The number of nitrogens with one attached hydrogen (secondary N) is 2. The van der Waals surface area contributed by atoms with Crippen molar-refractivity contribution in [3.8, 4) is 11.5 Å². The first-order chi connectivity index (χ1) is 17.4. The molecule has 2 aromatic rings. The summed E-state index contributed by atoms with van der Waals surface area (Å²) < 4.78 is 11.4. The third kappa shape index (κ3) is 5.93. The molecule has 0 radical (unpaired) electrons. The first-order valence-corrected chi connectivity index (χ1v) is 12.3.